The summed E-state index contributed by atoms with van der Waals surface area (Å²) >= 11 is 0. The Morgan fingerprint density at radius 3 is 2.44 bits per heavy atom. The number of carbonyl (C=O) groups is 1. The third kappa shape index (κ3) is 5.47. The van der Waals surface area contributed by atoms with Gasteiger partial charge in [-0.1, -0.05) is 5.92 Å². The number of hydrogen-bond acceptors (Lipinski definition) is 6. The van der Waals surface area contributed by atoms with Gasteiger partial charge in [0.25, 0.3) is 0 Å². The number of anilines is 1. The maximum Gasteiger partial charge on any atom is 0.341 e. The molecule has 1 aromatic rings. The first-order valence-electron chi connectivity index (χ1n) is 7.85. The van der Waals surface area contributed by atoms with Crippen LogP contribution in [0.4, 0.5) is 14.5 Å². The molecule has 1 heterocycles. The van der Waals surface area contributed by atoms with Crippen LogP contribution >= 0.6 is 0 Å². The summed E-state index contributed by atoms with van der Waals surface area (Å²) in [4.78, 5) is 13.2. The summed E-state index contributed by atoms with van der Waals surface area (Å²) in [5, 5.41) is 2.50. The summed E-state index contributed by atoms with van der Waals surface area (Å²) in [6.45, 7) is -0.0549. The standard InChI is InChI=1S/C16H18F2N2O5S2/c1-2-8-20(13-7-9-26(22,23)11-13)10-15(21)19-12-3-5-14(6-4-12)27(24,25)16(17)18/h1,3-6,13,16H,7-11H2,(H,19,21). The second-order valence-electron chi connectivity index (χ2n) is 6.04. The summed E-state index contributed by atoms with van der Waals surface area (Å²) in [5.74, 6) is -1.65. The Hall–Kier alpha value is -2.03. The molecular weight excluding hydrogens is 402 g/mol. The number of carbonyl (C=O) groups excluding carboxylic acids is 1. The third-order valence-corrected chi connectivity index (χ3v) is 7.22. The molecule has 0 bridgehead atoms. The molecule has 1 saturated heterocycles. The zero-order chi connectivity index (χ0) is 20.2. The van der Waals surface area contributed by atoms with Crippen molar-refractivity contribution in [3.63, 3.8) is 0 Å². The first-order valence-corrected chi connectivity index (χ1v) is 11.2. The van der Waals surface area contributed by atoms with Crippen molar-refractivity contribution < 1.29 is 30.4 Å². The van der Waals surface area contributed by atoms with Crippen LogP contribution in [0.5, 0.6) is 0 Å². The molecule has 0 aliphatic carbocycles. The van der Waals surface area contributed by atoms with Gasteiger partial charge in [0.05, 0.1) is 29.5 Å². The van der Waals surface area contributed by atoms with Crippen LogP contribution in [0.1, 0.15) is 6.42 Å². The van der Waals surface area contributed by atoms with Crippen LogP contribution in [-0.4, -0.2) is 64.0 Å². The van der Waals surface area contributed by atoms with E-state index in [-0.39, 0.29) is 36.3 Å². The molecule has 7 nitrogen and oxygen atoms in total. The Kier molecular flexibility index (Phi) is 6.56. The van der Waals surface area contributed by atoms with Gasteiger partial charge < -0.3 is 5.32 Å². The highest BCUT2D eigenvalue weighted by Crippen LogP contribution is 2.21. The topological polar surface area (TPSA) is 101 Å². The zero-order valence-corrected chi connectivity index (χ0v) is 15.8. The minimum atomic E-state index is -4.70. The van der Waals surface area contributed by atoms with Crippen LogP contribution in [-0.2, 0) is 24.5 Å². The number of terminal acetylenes is 1. The number of benzene rings is 1. The van der Waals surface area contributed by atoms with Crippen molar-refractivity contribution in [1.29, 1.82) is 0 Å². The van der Waals surface area contributed by atoms with Crippen molar-refractivity contribution >= 4 is 31.3 Å². The molecule has 2 rings (SSSR count). The fraction of sp³-hybridized carbons (Fsp3) is 0.438. The molecule has 1 aromatic carbocycles. The molecule has 1 unspecified atom stereocenters. The number of hydrogen-bond donors (Lipinski definition) is 1. The SMILES string of the molecule is C#CCN(CC(=O)Nc1ccc(S(=O)(=O)C(F)F)cc1)C1CCS(=O)(=O)C1. The van der Waals surface area contributed by atoms with Gasteiger partial charge in [-0.25, -0.2) is 16.8 Å². The largest absolute Gasteiger partial charge is 0.341 e. The molecule has 1 aliphatic heterocycles. The molecule has 1 amide bonds. The van der Waals surface area contributed by atoms with E-state index in [2.05, 4.69) is 11.2 Å². The molecule has 1 N–H and O–H groups in total. The smallest absolute Gasteiger partial charge is 0.325 e. The van der Waals surface area contributed by atoms with Gasteiger partial charge in [-0.15, -0.1) is 6.42 Å². The number of nitrogens with zero attached hydrogens (tertiary/aromatic N) is 1. The van der Waals surface area contributed by atoms with E-state index >= 15 is 0 Å². The lowest BCUT2D eigenvalue weighted by atomic mass is 10.2. The molecular formula is C16H18F2N2O5S2. The van der Waals surface area contributed by atoms with Crippen molar-refractivity contribution in [3.8, 4) is 12.3 Å². The highest BCUT2D eigenvalue weighted by Gasteiger charge is 2.32. The fourth-order valence-electron chi connectivity index (χ4n) is 2.71. The van der Waals surface area contributed by atoms with Crippen LogP contribution in [0.3, 0.4) is 0 Å². The van der Waals surface area contributed by atoms with Crippen molar-refractivity contribution in [2.45, 2.75) is 23.1 Å². The van der Waals surface area contributed by atoms with Crippen molar-refractivity contribution in [3.05, 3.63) is 24.3 Å². The third-order valence-electron chi connectivity index (χ3n) is 4.07. The Bertz CT molecular complexity index is 938. The number of nitrogens with one attached hydrogen (secondary N) is 1. The molecule has 148 valence electrons. The highest BCUT2D eigenvalue weighted by molar-refractivity contribution is 7.92. The average Bonchev–Trinajstić information content (AvgIpc) is 2.94. The molecule has 11 heteroatoms. The quantitative estimate of drug-likeness (QED) is 0.653. The number of alkyl halides is 2. The predicted molar refractivity (Wildman–Crippen MR) is 95.7 cm³/mol. The lowest BCUT2D eigenvalue weighted by Crippen LogP contribution is -2.41. The fourth-order valence-corrected chi connectivity index (χ4v) is 5.19. The monoisotopic (exact) mass is 420 g/mol. The van der Waals surface area contributed by atoms with E-state index in [0.717, 1.165) is 12.1 Å². The normalized spacial score (nSPS) is 19.1. The molecule has 27 heavy (non-hydrogen) atoms. The summed E-state index contributed by atoms with van der Waals surface area (Å²) in [6, 6.07) is 3.98. The number of halogens is 2. The van der Waals surface area contributed by atoms with Crippen LogP contribution < -0.4 is 5.32 Å². The van der Waals surface area contributed by atoms with Crippen LogP contribution in [0.2, 0.25) is 0 Å². The van der Waals surface area contributed by atoms with Gasteiger partial charge in [0.2, 0.25) is 15.7 Å². The van der Waals surface area contributed by atoms with Gasteiger partial charge in [-0.05, 0) is 30.7 Å². The van der Waals surface area contributed by atoms with E-state index < -0.39 is 36.2 Å². The molecule has 0 spiro atoms. The van der Waals surface area contributed by atoms with Gasteiger partial charge in [-0.3, -0.25) is 9.69 Å². The predicted octanol–water partition coefficient (Wildman–Crippen LogP) is 0.744. The Morgan fingerprint density at radius 1 is 1.33 bits per heavy atom. The van der Waals surface area contributed by atoms with Crippen LogP contribution in [0, 0.1) is 12.3 Å². The Balaban J connectivity index is 2.02. The summed E-state index contributed by atoms with van der Waals surface area (Å²) < 4.78 is 71.0. The Morgan fingerprint density at radius 2 is 1.96 bits per heavy atom. The van der Waals surface area contributed by atoms with E-state index in [1.807, 2.05) is 0 Å². The maximum atomic E-state index is 12.5. The average molecular weight is 420 g/mol. The second-order valence-corrected chi connectivity index (χ2v) is 10.2. The second kappa shape index (κ2) is 8.33. The van der Waals surface area contributed by atoms with Crippen molar-refractivity contribution in [2.24, 2.45) is 0 Å². The number of rotatable bonds is 7. The minimum absolute atomic E-state index is 0.0421. The van der Waals surface area contributed by atoms with E-state index in [9.17, 15) is 30.4 Å². The van der Waals surface area contributed by atoms with Gasteiger partial charge in [-0.2, -0.15) is 8.78 Å². The van der Waals surface area contributed by atoms with Gasteiger partial charge in [0.15, 0.2) is 9.84 Å². The lowest BCUT2D eigenvalue weighted by Gasteiger charge is -2.25. The molecule has 1 atom stereocenters. The molecule has 1 fully saturated rings. The number of amides is 1. The minimum Gasteiger partial charge on any atom is -0.325 e. The number of sulfone groups is 2. The highest BCUT2D eigenvalue weighted by atomic mass is 32.2. The first kappa shape index (κ1) is 21.3. The van der Waals surface area contributed by atoms with Crippen molar-refractivity contribution in [1.82, 2.24) is 4.90 Å². The summed E-state index contributed by atoms with van der Waals surface area (Å²) in [5.41, 5.74) is 0.216. The lowest BCUT2D eigenvalue weighted by molar-refractivity contribution is -0.117. The van der Waals surface area contributed by atoms with E-state index in [1.54, 1.807) is 4.90 Å². The molecule has 1 aliphatic rings. The Labute approximate surface area is 156 Å². The van der Waals surface area contributed by atoms with E-state index in [4.69, 9.17) is 6.42 Å². The van der Waals surface area contributed by atoms with Crippen LogP contribution in [0.25, 0.3) is 0 Å². The summed E-state index contributed by atoms with van der Waals surface area (Å²) in [6.07, 6.45) is 5.67. The first-order chi connectivity index (χ1) is 12.5. The molecule has 0 aromatic heterocycles. The van der Waals surface area contributed by atoms with E-state index in [0.29, 0.717) is 6.42 Å². The van der Waals surface area contributed by atoms with Crippen molar-refractivity contribution in [2.75, 3.05) is 29.9 Å². The zero-order valence-electron chi connectivity index (χ0n) is 14.1. The summed E-state index contributed by atoms with van der Waals surface area (Å²) in [7, 11) is -7.84. The van der Waals surface area contributed by atoms with Gasteiger partial charge in [0, 0.05) is 11.7 Å². The molecule has 0 saturated carbocycles. The maximum absolute atomic E-state index is 12.5. The van der Waals surface area contributed by atoms with E-state index in [1.165, 1.54) is 12.1 Å². The van der Waals surface area contributed by atoms with Crippen LogP contribution in [0.15, 0.2) is 29.2 Å². The van der Waals surface area contributed by atoms with Gasteiger partial charge in [0.1, 0.15) is 0 Å². The molecule has 0 radical (unpaired) electrons. The van der Waals surface area contributed by atoms with Gasteiger partial charge >= 0.3 is 5.76 Å².